The third-order valence-corrected chi connectivity index (χ3v) is 4.54. The lowest BCUT2D eigenvalue weighted by Crippen LogP contribution is -2.14. The molecule has 0 spiro atoms. The highest BCUT2D eigenvalue weighted by Crippen LogP contribution is 2.29. The van der Waals surface area contributed by atoms with Crippen LogP contribution < -0.4 is 10.1 Å². The van der Waals surface area contributed by atoms with Gasteiger partial charge in [-0.2, -0.15) is 0 Å². The maximum absolute atomic E-state index is 12.4. The average Bonchev–Trinajstić information content (AvgIpc) is 2.70. The number of hydrogen-bond acceptors (Lipinski definition) is 3. The summed E-state index contributed by atoms with van der Waals surface area (Å²) in [4.78, 5) is 24.7. The Kier molecular flexibility index (Phi) is 6.22. The topological polar surface area (TPSA) is 55.4 Å². The average molecular weight is 373 g/mol. The molecule has 0 radical (unpaired) electrons. The number of anilines is 1. The zero-order chi connectivity index (χ0) is 19.9. The summed E-state index contributed by atoms with van der Waals surface area (Å²) in [5.41, 5.74) is 3.44. The van der Waals surface area contributed by atoms with Gasteiger partial charge in [-0.25, -0.2) is 0 Å². The number of carbonyl (C=O) groups is 2. The number of carbonyl (C=O) groups excluding carboxylic acids is 2. The third kappa shape index (κ3) is 5.07. The monoisotopic (exact) mass is 373 g/mol. The van der Waals surface area contributed by atoms with E-state index >= 15 is 0 Å². The Labute approximate surface area is 165 Å². The Morgan fingerprint density at radius 1 is 0.821 bits per heavy atom. The van der Waals surface area contributed by atoms with E-state index in [4.69, 9.17) is 4.74 Å². The fourth-order valence-electron chi connectivity index (χ4n) is 2.77. The van der Waals surface area contributed by atoms with Gasteiger partial charge in [-0.15, -0.1) is 0 Å². The molecule has 3 rings (SSSR count). The number of amides is 1. The Morgan fingerprint density at radius 2 is 1.54 bits per heavy atom. The second-order valence-corrected chi connectivity index (χ2v) is 6.68. The number of aryl methyl sites for hydroxylation is 2. The Bertz CT molecular complexity index is 980. The molecule has 0 saturated heterocycles. The normalized spacial score (nSPS) is 10.4. The van der Waals surface area contributed by atoms with Crippen LogP contribution in [0, 0.1) is 13.8 Å². The molecule has 0 aromatic heterocycles. The van der Waals surface area contributed by atoms with E-state index in [0.717, 1.165) is 11.1 Å². The number of benzene rings is 3. The number of hydrogen-bond donors (Lipinski definition) is 1. The predicted molar refractivity (Wildman–Crippen MR) is 111 cm³/mol. The van der Waals surface area contributed by atoms with Crippen LogP contribution in [0.25, 0.3) is 0 Å². The second-order valence-electron chi connectivity index (χ2n) is 6.68. The zero-order valence-electron chi connectivity index (χ0n) is 16.1. The van der Waals surface area contributed by atoms with Gasteiger partial charge in [0, 0.05) is 18.4 Å². The minimum atomic E-state index is -0.221. The lowest BCUT2D eigenvalue weighted by atomic mass is 10.0. The second kappa shape index (κ2) is 9.00. The molecule has 4 heteroatoms. The van der Waals surface area contributed by atoms with Gasteiger partial charge in [0.1, 0.15) is 5.75 Å². The van der Waals surface area contributed by atoms with Crippen LogP contribution in [0.5, 0.6) is 11.5 Å². The van der Waals surface area contributed by atoms with Gasteiger partial charge in [0.25, 0.3) is 0 Å². The van der Waals surface area contributed by atoms with Gasteiger partial charge in [0.05, 0.1) is 5.69 Å². The van der Waals surface area contributed by atoms with Crippen molar-refractivity contribution in [2.75, 3.05) is 5.32 Å². The van der Waals surface area contributed by atoms with E-state index in [1.54, 1.807) is 12.1 Å². The van der Waals surface area contributed by atoms with E-state index in [-0.39, 0.29) is 24.5 Å². The van der Waals surface area contributed by atoms with Gasteiger partial charge in [0.15, 0.2) is 11.5 Å². The first-order valence-corrected chi connectivity index (χ1v) is 9.25. The van der Waals surface area contributed by atoms with Crippen molar-refractivity contribution in [3.63, 3.8) is 0 Å². The maximum atomic E-state index is 12.4. The quantitative estimate of drug-likeness (QED) is 0.541. The van der Waals surface area contributed by atoms with E-state index < -0.39 is 0 Å². The van der Waals surface area contributed by atoms with Gasteiger partial charge >= 0.3 is 0 Å². The van der Waals surface area contributed by atoms with Crippen LogP contribution in [0.15, 0.2) is 72.8 Å². The minimum Gasteiger partial charge on any atom is -0.455 e. The number of para-hydroxylation sites is 3. The first kappa shape index (κ1) is 19.4. The molecule has 3 aromatic rings. The van der Waals surface area contributed by atoms with Crippen molar-refractivity contribution in [2.45, 2.75) is 26.7 Å². The molecule has 0 aliphatic rings. The summed E-state index contributed by atoms with van der Waals surface area (Å²) in [6, 6.07) is 22.2. The Hall–Kier alpha value is -3.40. The molecule has 3 aromatic carbocycles. The highest BCUT2D eigenvalue weighted by Gasteiger charge is 2.12. The summed E-state index contributed by atoms with van der Waals surface area (Å²) in [6.07, 6.45) is 0.279. The van der Waals surface area contributed by atoms with Crippen LogP contribution in [-0.2, 0) is 4.79 Å². The van der Waals surface area contributed by atoms with Crippen molar-refractivity contribution in [1.29, 1.82) is 0 Å². The largest absolute Gasteiger partial charge is 0.455 e. The number of rotatable bonds is 7. The van der Waals surface area contributed by atoms with E-state index in [2.05, 4.69) is 5.32 Å². The molecule has 0 atom stereocenters. The summed E-state index contributed by atoms with van der Waals surface area (Å²) in [5.74, 6) is 0.991. The molecule has 1 amide bonds. The van der Waals surface area contributed by atoms with E-state index in [9.17, 15) is 9.59 Å². The van der Waals surface area contributed by atoms with Crippen molar-refractivity contribution < 1.29 is 14.3 Å². The smallest absolute Gasteiger partial charge is 0.224 e. The number of ketones is 1. The first-order chi connectivity index (χ1) is 13.5. The van der Waals surface area contributed by atoms with Crippen LogP contribution in [0.4, 0.5) is 5.69 Å². The Balaban J connectivity index is 1.60. The van der Waals surface area contributed by atoms with Gasteiger partial charge in [-0.05, 0) is 55.3 Å². The van der Waals surface area contributed by atoms with Crippen molar-refractivity contribution in [1.82, 2.24) is 0 Å². The predicted octanol–water partition coefficient (Wildman–Crippen LogP) is 5.70. The van der Waals surface area contributed by atoms with Crippen LogP contribution in [0.3, 0.4) is 0 Å². The molecule has 4 nitrogen and oxygen atoms in total. The van der Waals surface area contributed by atoms with Crippen LogP contribution in [0.2, 0.25) is 0 Å². The lowest BCUT2D eigenvalue weighted by molar-refractivity contribution is -0.116. The molecule has 0 bridgehead atoms. The lowest BCUT2D eigenvalue weighted by Gasteiger charge is -2.12. The van der Waals surface area contributed by atoms with E-state index in [1.807, 2.05) is 74.5 Å². The van der Waals surface area contributed by atoms with Crippen LogP contribution in [-0.4, -0.2) is 11.7 Å². The molecule has 0 aliphatic heterocycles. The van der Waals surface area contributed by atoms with Gasteiger partial charge in [-0.3, -0.25) is 9.59 Å². The third-order valence-electron chi connectivity index (χ3n) is 4.54. The van der Waals surface area contributed by atoms with Crippen LogP contribution in [0.1, 0.15) is 34.3 Å². The molecule has 0 saturated carbocycles. The fraction of sp³-hybridized carbons (Fsp3) is 0.167. The molecular weight excluding hydrogens is 350 g/mol. The van der Waals surface area contributed by atoms with Crippen molar-refractivity contribution in [3.8, 4) is 11.5 Å². The standard InChI is InChI=1S/C24H23NO3/c1-17-12-13-19(16-18(17)2)22(26)14-15-24(27)25-21-10-6-7-11-23(21)28-20-8-4-3-5-9-20/h3-13,16H,14-15H2,1-2H3,(H,25,27). The summed E-state index contributed by atoms with van der Waals surface area (Å²) < 4.78 is 5.85. The molecule has 1 N–H and O–H groups in total. The highest BCUT2D eigenvalue weighted by molar-refractivity contribution is 6.00. The molecule has 0 unspecified atom stereocenters. The molecule has 142 valence electrons. The van der Waals surface area contributed by atoms with Crippen molar-refractivity contribution in [2.24, 2.45) is 0 Å². The van der Waals surface area contributed by atoms with Crippen LogP contribution >= 0.6 is 0 Å². The Morgan fingerprint density at radius 3 is 2.29 bits per heavy atom. The SMILES string of the molecule is Cc1ccc(C(=O)CCC(=O)Nc2ccccc2Oc2ccccc2)cc1C. The zero-order valence-corrected chi connectivity index (χ0v) is 16.1. The molecular formula is C24H23NO3. The minimum absolute atomic E-state index is 0.0351. The summed E-state index contributed by atoms with van der Waals surface area (Å²) in [7, 11) is 0. The molecule has 0 aliphatic carbocycles. The van der Waals surface area contributed by atoms with E-state index in [0.29, 0.717) is 22.7 Å². The molecule has 28 heavy (non-hydrogen) atoms. The number of ether oxygens (including phenoxy) is 1. The van der Waals surface area contributed by atoms with E-state index in [1.165, 1.54) is 0 Å². The maximum Gasteiger partial charge on any atom is 0.224 e. The number of Topliss-reactive ketones (excluding diaryl/α,β-unsaturated/α-hetero) is 1. The summed E-state index contributed by atoms with van der Waals surface area (Å²) in [5, 5.41) is 2.84. The summed E-state index contributed by atoms with van der Waals surface area (Å²) >= 11 is 0. The van der Waals surface area contributed by atoms with Gasteiger partial charge in [-0.1, -0.05) is 42.5 Å². The summed E-state index contributed by atoms with van der Waals surface area (Å²) in [6.45, 7) is 3.98. The fourth-order valence-corrected chi connectivity index (χ4v) is 2.77. The van der Waals surface area contributed by atoms with Crippen molar-refractivity contribution >= 4 is 17.4 Å². The molecule has 0 heterocycles. The molecule has 0 fully saturated rings. The first-order valence-electron chi connectivity index (χ1n) is 9.25. The number of nitrogens with one attached hydrogen (secondary N) is 1. The van der Waals surface area contributed by atoms with Gasteiger partial charge < -0.3 is 10.1 Å². The highest BCUT2D eigenvalue weighted by atomic mass is 16.5. The van der Waals surface area contributed by atoms with Gasteiger partial charge in [0.2, 0.25) is 5.91 Å². The van der Waals surface area contributed by atoms with Crippen molar-refractivity contribution in [3.05, 3.63) is 89.5 Å².